The van der Waals surface area contributed by atoms with Crippen molar-refractivity contribution in [1.29, 1.82) is 0 Å². The van der Waals surface area contributed by atoms with Crippen LogP contribution in [0.4, 0.5) is 0 Å². The van der Waals surface area contributed by atoms with Crippen LogP contribution in [-0.2, 0) is 11.3 Å². The molecule has 1 aliphatic heterocycles. The lowest BCUT2D eigenvalue weighted by Gasteiger charge is -2.03. The summed E-state index contributed by atoms with van der Waals surface area (Å²) in [7, 11) is 0. The van der Waals surface area contributed by atoms with Crippen LogP contribution < -0.4 is 0 Å². The fourth-order valence-electron chi connectivity index (χ4n) is 1.94. The minimum atomic E-state index is -0.437. The summed E-state index contributed by atoms with van der Waals surface area (Å²) in [4.78, 5) is 11.3. The number of rotatable bonds is 0. The van der Waals surface area contributed by atoms with Gasteiger partial charge in [0.05, 0.1) is 0 Å². The van der Waals surface area contributed by atoms with Gasteiger partial charge in [0.25, 0.3) is 0 Å². The van der Waals surface area contributed by atoms with E-state index in [0.717, 1.165) is 10.9 Å². The normalized spacial score (nSPS) is 14.0. The zero-order valence-corrected chi connectivity index (χ0v) is 7.86. The minimum Gasteiger partial charge on any atom is -0.506 e. The van der Waals surface area contributed by atoms with Crippen molar-refractivity contribution in [3.05, 3.63) is 41.5 Å². The Morgan fingerprint density at radius 1 is 1.27 bits per heavy atom. The largest absolute Gasteiger partial charge is 0.506 e. The van der Waals surface area contributed by atoms with Crippen molar-refractivity contribution in [3.63, 3.8) is 0 Å². The Morgan fingerprint density at radius 2 is 2.07 bits per heavy atom. The predicted molar refractivity (Wildman–Crippen MR) is 54.7 cm³/mol. The molecule has 0 bridgehead atoms. The SMILES string of the molecule is O=C1OCc2cc3ccccc3c(O)c21. The first-order valence-electron chi connectivity index (χ1n) is 4.68. The molecule has 3 heteroatoms. The van der Waals surface area contributed by atoms with Crippen LogP contribution in [0.1, 0.15) is 15.9 Å². The zero-order valence-electron chi connectivity index (χ0n) is 7.86. The van der Waals surface area contributed by atoms with Crippen molar-refractivity contribution in [2.45, 2.75) is 6.61 Å². The maximum atomic E-state index is 11.3. The molecule has 0 aliphatic carbocycles. The van der Waals surface area contributed by atoms with Crippen molar-refractivity contribution < 1.29 is 14.6 Å². The van der Waals surface area contributed by atoms with Gasteiger partial charge in [-0.25, -0.2) is 4.79 Å². The molecule has 15 heavy (non-hydrogen) atoms. The molecular formula is C12H8O3. The lowest BCUT2D eigenvalue weighted by atomic mass is 10.0. The van der Waals surface area contributed by atoms with Crippen molar-refractivity contribution in [2.75, 3.05) is 0 Å². The first-order valence-corrected chi connectivity index (χ1v) is 4.68. The molecule has 0 amide bonds. The van der Waals surface area contributed by atoms with Crippen molar-refractivity contribution in [1.82, 2.24) is 0 Å². The molecule has 2 aromatic rings. The molecule has 74 valence electrons. The summed E-state index contributed by atoms with van der Waals surface area (Å²) < 4.78 is 4.88. The highest BCUT2D eigenvalue weighted by molar-refractivity contribution is 6.04. The number of esters is 1. The summed E-state index contributed by atoms with van der Waals surface area (Å²) >= 11 is 0. The van der Waals surface area contributed by atoms with Gasteiger partial charge in [-0.3, -0.25) is 0 Å². The third-order valence-corrected chi connectivity index (χ3v) is 2.67. The summed E-state index contributed by atoms with van der Waals surface area (Å²) in [5.74, 6) is -0.404. The van der Waals surface area contributed by atoms with Crippen LogP contribution in [-0.4, -0.2) is 11.1 Å². The summed E-state index contributed by atoms with van der Waals surface area (Å²) in [6, 6.07) is 9.30. The van der Waals surface area contributed by atoms with Gasteiger partial charge in [0.1, 0.15) is 17.9 Å². The van der Waals surface area contributed by atoms with Gasteiger partial charge in [0.15, 0.2) is 0 Å². The fourth-order valence-corrected chi connectivity index (χ4v) is 1.94. The Labute approximate surface area is 85.9 Å². The maximum absolute atomic E-state index is 11.3. The molecule has 0 fully saturated rings. The molecule has 0 unspecified atom stereocenters. The second-order valence-corrected chi connectivity index (χ2v) is 3.56. The van der Waals surface area contributed by atoms with Gasteiger partial charge >= 0.3 is 5.97 Å². The smallest absolute Gasteiger partial charge is 0.342 e. The van der Waals surface area contributed by atoms with Crippen LogP contribution in [0.3, 0.4) is 0 Å². The van der Waals surface area contributed by atoms with Gasteiger partial charge in [0, 0.05) is 10.9 Å². The highest BCUT2D eigenvalue weighted by Gasteiger charge is 2.26. The van der Waals surface area contributed by atoms with Gasteiger partial charge in [-0.1, -0.05) is 24.3 Å². The molecule has 0 aromatic heterocycles. The third-order valence-electron chi connectivity index (χ3n) is 2.67. The molecule has 3 nitrogen and oxygen atoms in total. The molecule has 0 saturated heterocycles. The molecule has 3 rings (SSSR count). The van der Waals surface area contributed by atoms with Crippen molar-refractivity contribution >= 4 is 16.7 Å². The monoisotopic (exact) mass is 200 g/mol. The van der Waals surface area contributed by atoms with Gasteiger partial charge in [-0.15, -0.1) is 0 Å². The average molecular weight is 200 g/mol. The summed E-state index contributed by atoms with van der Waals surface area (Å²) in [5.41, 5.74) is 1.07. The van der Waals surface area contributed by atoms with E-state index in [2.05, 4.69) is 0 Å². The number of aromatic hydroxyl groups is 1. The lowest BCUT2D eigenvalue weighted by Crippen LogP contribution is -1.94. The number of ether oxygens (including phenoxy) is 1. The van der Waals surface area contributed by atoms with E-state index in [0.29, 0.717) is 10.9 Å². The van der Waals surface area contributed by atoms with Gasteiger partial charge in [0.2, 0.25) is 0 Å². The highest BCUT2D eigenvalue weighted by Crippen LogP contribution is 2.35. The summed E-state index contributed by atoms with van der Waals surface area (Å²) in [5, 5.41) is 11.6. The predicted octanol–water partition coefficient (Wildman–Crippen LogP) is 2.22. The van der Waals surface area contributed by atoms with Crippen LogP contribution >= 0.6 is 0 Å². The van der Waals surface area contributed by atoms with Crippen LogP contribution in [0.15, 0.2) is 30.3 Å². The molecule has 1 N–H and O–H groups in total. The van der Waals surface area contributed by atoms with E-state index in [1.165, 1.54) is 0 Å². The molecule has 0 spiro atoms. The van der Waals surface area contributed by atoms with Crippen LogP contribution in [0.5, 0.6) is 5.75 Å². The first-order chi connectivity index (χ1) is 7.27. The zero-order chi connectivity index (χ0) is 10.4. The number of cyclic esters (lactones) is 1. The van der Waals surface area contributed by atoms with E-state index in [-0.39, 0.29) is 12.4 Å². The summed E-state index contributed by atoms with van der Waals surface area (Å²) in [6.07, 6.45) is 0. The molecule has 2 aromatic carbocycles. The fraction of sp³-hybridized carbons (Fsp3) is 0.0833. The van der Waals surface area contributed by atoms with E-state index >= 15 is 0 Å². The second kappa shape index (κ2) is 2.73. The topological polar surface area (TPSA) is 46.5 Å². The maximum Gasteiger partial charge on any atom is 0.342 e. The first kappa shape index (κ1) is 8.29. The Balaban J connectivity index is 2.46. The molecular weight excluding hydrogens is 192 g/mol. The number of fused-ring (bicyclic) bond motifs is 2. The van der Waals surface area contributed by atoms with Crippen molar-refractivity contribution in [3.8, 4) is 5.75 Å². The molecule has 1 aliphatic rings. The highest BCUT2D eigenvalue weighted by atomic mass is 16.5. The summed E-state index contributed by atoms with van der Waals surface area (Å²) in [6.45, 7) is 0.257. The van der Waals surface area contributed by atoms with E-state index in [9.17, 15) is 9.90 Å². The Bertz CT molecular complexity index is 572. The number of hydrogen-bond donors (Lipinski definition) is 1. The molecule has 1 heterocycles. The molecule has 0 atom stereocenters. The second-order valence-electron chi connectivity index (χ2n) is 3.56. The van der Waals surface area contributed by atoms with Crippen LogP contribution in [0.2, 0.25) is 0 Å². The van der Waals surface area contributed by atoms with Gasteiger partial charge in [-0.2, -0.15) is 0 Å². The Hall–Kier alpha value is -2.03. The van der Waals surface area contributed by atoms with E-state index in [1.807, 2.05) is 24.3 Å². The standard InChI is InChI=1S/C12H8O3/c13-11-9-4-2-1-3-7(9)5-8-6-15-12(14)10(8)11/h1-5,13H,6H2. The van der Waals surface area contributed by atoms with Gasteiger partial charge < -0.3 is 9.84 Å². The lowest BCUT2D eigenvalue weighted by molar-refractivity contribution is 0.0533. The number of phenolic OH excluding ortho intramolecular Hbond substituents is 1. The number of carbonyl (C=O) groups excluding carboxylic acids is 1. The number of benzene rings is 2. The average Bonchev–Trinajstić information content (AvgIpc) is 2.61. The number of carbonyl (C=O) groups is 1. The van der Waals surface area contributed by atoms with Gasteiger partial charge in [-0.05, 0) is 11.5 Å². The van der Waals surface area contributed by atoms with Crippen LogP contribution in [0, 0.1) is 0 Å². The van der Waals surface area contributed by atoms with E-state index < -0.39 is 5.97 Å². The minimum absolute atomic E-state index is 0.0330. The quantitative estimate of drug-likeness (QED) is 0.663. The molecule has 0 radical (unpaired) electrons. The van der Waals surface area contributed by atoms with Crippen LogP contribution in [0.25, 0.3) is 10.8 Å². The third kappa shape index (κ3) is 1.03. The number of phenols is 1. The molecule has 0 saturated carbocycles. The van der Waals surface area contributed by atoms with E-state index in [1.54, 1.807) is 6.07 Å². The Kier molecular flexibility index (Phi) is 1.51. The van der Waals surface area contributed by atoms with E-state index in [4.69, 9.17) is 4.74 Å². The number of hydrogen-bond acceptors (Lipinski definition) is 3. The Morgan fingerprint density at radius 3 is 2.93 bits per heavy atom. The van der Waals surface area contributed by atoms with Crippen molar-refractivity contribution in [2.24, 2.45) is 0 Å².